The second-order valence-corrected chi connectivity index (χ2v) is 9.48. The number of benzene rings is 1. The van der Waals surface area contributed by atoms with Crippen LogP contribution in [0.3, 0.4) is 0 Å². The molecule has 174 valence electrons. The number of aromatic amines is 1. The van der Waals surface area contributed by atoms with Gasteiger partial charge in [-0.05, 0) is 49.1 Å². The molecule has 0 unspecified atom stereocenters. The lowest BCUT2D eigenvalue weighted by Crippen LogP contribution is -2.42. The van der Waals surface area contributed by atoms with Crippen LogP contribution < -0.4 is 20.4 Å². The summed E-state index contributed by atoms with van der Waals surface area (Å²) < 4.78 is 0. The molecule has 0 radical (unpaired) electrons. The van der Waals surface area contributed by atoms with E-state index in [1.165, 1.54) is 0 Å². The minimum absolute atomic E-state index is 0.223. The Morgan fingerprint density at radius 3 is 2.47 bits per heavy atom. The van der Waals surface area contributed by atoms with Crippen molar-refractivity contribution in [3.8, 4) is 0 Å². The first-order valence-electron chi connectivity index (χ1n) is 11.9. The summed E-state index contributed by atoms with van der Waals surface area (Å²) in [7, 11) is 0. The molecule has 9 nitrogen and oxygen atoms in total. The lowest BCUT2D eigenvalue weighted by atomic mass is 9.80. The molecule has 0 amide bonds. The van der Waals surface area contributed by atoms with Gasteiger partial charge in [0.15, 0.2) is 17.0 Å². The molecule has 4 aromatic rings. The number of rotatable bonds is 4. The fourth-order valence-electron chi connectivity index (χ4n) is 4.96. The molecular weight excluding hydrogens is 426 g/mol. The van der Waals surface area contributed by atoms with Crippen LogP contribution in [0.4, 0.5) is 28.7 Å². The highest BCUT2D eigenvalue weighted by Crippen LogP contribution is 2.41. The monoisotopic (exact) mass is 455 g/mol. The van der Waals surface area contributed by atoms with E-state index in [0.717, 1.165) is 79.8 Å². The Kier molecular flexibility index (Phi) is 5.06. The van der Waals surface area contributed by atoms with E-state index in [1.807, 2.05) is 18.5 Å². The van der Waals surface area contributed by atoms with Crippen molar-refractivity contribution in [2.45, 2.75) is 19.8 Å². The maximum atomic E-state index is 5.97. The molecule has 0 bridgehead atoms. The molecule has 2 aliphatic heterocycles. The van der Waals surface area contributed by atoms with Crippen molar-refractivity contribution >= 4 is 39.9 Å². The first kappa shape index (κ1) is 20.9. The fourth-order valence-corrected chi connectivity index (χ4v) is 4.96. The van der Waals surface area contributed by atoms with Crippen molar-refractivity contribution in [1.29, 1.82) is 0 Å². The van der Waals surface area contributed by atoms with Gasteiger partial charge >= 0.3 is 0 Å². The van der Waals surface area contributed by atoms with Gasteiger partial charge in [0.1, 0.15) is 5.82 Å². The second-order valence-electron chi connectivity index (χ2n) is 9.48. The zero-order valence-electron chi connectivity index (χ0n) is 19.4. The van der Waals surface area contributed by atoms with Crippen molar-refractivity contribution in [3.63, 3.8) is 0 Å². The van der Waals surface area contributed by atoms with E-state index in [0.29, 0.717) is 5.65 Å². The van der Waals surface area contributed by atoms with Crippen LogP contribution in [0.2, 0.25) is 0 Å². The number of anilines is 5. The van der Waals surface area contributed by atoms with Gasteiger partial charge in [-0.15, -0.1) is 0 Å². The molecule has 0 saturated carbocycles. The molecule has 1 fully saturated rings. The molecule has 1 saturated heterocycles. The van der Waals surface area contributed by atoms with Gasteiger partial charge in [0.05, 0.1) is 29.5 Å². The Balaban J connectivity index is 1.31. The van der Waals surface area contributed by atoms with Crippen LogP contribution in [-0.4, -0.2) is 57.9 Å². The number of hydrogen-bond acceptors (Lipinski definition) is 8. The van der Waals surface area contributed by atoms with Gasteiger partial charge in [0, 0.05) is 32.4 Å². The topological polar surface area (TPSA) is 103 Å². The van der Waals surface area contributed by atoms with Gasteiger partial charge in [0.25, 0.3) is 0 Å². The Labute approximate surface area is 198 Å². The van der Waals surface area contributed by atoms with E-state index in [4.69, 9.17) is 15.7 Å². The lowest BCUT2D eigenvalue weighted by Gasteiger charge is -2.39. The first-order chi connectivity index (χ1) is 16.6. The Hall–Kier alpha value is -3.72. The van der Waals surface area contributed by atoms with E-state index in [2.05, 4.69) is 67.1 Å². The van der Waals surface area contributed by atoms with Gasteiger partial charge < -0.3 is 20.4 Å². The molecule has 6 rings (SSSR count). The summed E-state index contributed by atoms with van der Waals surface area (Å²) in [6.45, 7) is 6.48. The maximum Gasteiger partial charge on any atom is 0.183 e. The number of pyridine rings is 1. The summed E-state index contributed by atoms with van der Waals surface area (Å²) >= 11 is 0. The smallest absolute Gasteiger partial charge is 0.183 e. The van der Waals surface area contributed by atoms with Crippen molar-refractivity contribution in [1.82, 2.24) is 25.1 Å². The number of piperidine rings is 1. The summed E-state index contributed by atoms with van der Waals surface area (Å²) in [4.78, 5) is 20.8. The van der Waals surface area contributed by atoms with Crippen molar-refractivity contribution in [2.75, 3.05) is 47.4 Å². The van der Waals surface area contributed by atoms with E-state index in [1.54, 1.807) is 6.20 Å². The van der Waals surface area contributed by atoms with Crippen molar-refractivity contribution < 1.29 is 0 Å². The van der Waals surface area contributed by atoms with Crippen molar-refractivity contribution in [3.05, 3.63) is 55.0 Å². The minimum atomic E-state index is 0.223. The maximum absolute atomic E-state index is 5.97. The standard InChI is InChI=1S/C25H29N9/c1-25(17-26)8-11-32(12-9-25)21-16-28-22-23(29-21)30-31-24(22)34-14-13-33(18-5-4-10-27-15-18)19-6-2-3-7-20(19)34/h2-7,10,15-16H,8-9,11-14,17,26H2,1H3,(H,29,30,31). The normalized spacial score (nSPS) is 17.8. The molecule has 5 heterocycles. The summed E-state index contributed by atoms with van der Waals surface area (Å²) in [5.41, 5.74) is 11.0. The van der Waals surface area contributed by atoms with E-state index in [9.17, 15) is 0 Å². The lowest BCUT2D eigenvalue weighted by molar-refractivity contribution is 0.258. The van der Waals surface area contributed by atoms with Crippen LogP contribution in [0.1, 0.15) is 19.8 Å². The van der Waals surface area contributed by atoms with Crippen molar-refractivity contribution in [2.24, 2.45) is 11.1 Å². The van der Waals surface area contributed by atoms with Gasteiger partial charge in [-0.1, -0.05) is 19.1 Å². The Morgan fingerprint density at radius 1 is 0.971 bits per heavy atom. The van der Waals surface area contributed by atoms with Gasteiger partial charge in [-0.2, -0.15) is 5.10 Å². The zero-order valence-corrected chi connectivity index (χ0v) is 19.4. The van der Waals surface area contributed by atoms with Crippen LogP contribution in [-0.2, 0) is 0 Å². The second kappa shape index (κ2) is 8.25. The van der Waals surface area contributed by atoms with E-state index in [-0.39, 0.29) is 5.41 Å². The highest BCUT2D eigenvalue weighted by molar-refractivity contribution is 5.91. The third-order valence-electron chi connectivity index (χ3n) is 7.25. The number of para-hydroxylation sites is 2. The van der Waals surface area contributed by atoms with Gasteiger partial charge in [-0.25, -0.2) is 9.97 Å². The number of H-pyrrole nitrogens is 1. The summed E-state index contributed by atoms with van der Waals surface area (Å²) in [6.07, 6.45) is 7.71. The third kappa shape index (κ3) is 3.52. The van der Waals surface area contributed by atoms with Crippen LogP contribution in [0.5, 0.6) is 0 Å². The van der Waals surface area contributed by atoms with Crippen LogP contribution in [0.25, 0.3) is 11.2 Å². The van der Waals surface area contributed by atoms with Gasteiger partial charge in [-0.3, -0.25) is 10.1 Å². The third-order valence-corrected chi connectivity index (χ3v) is 7.25. The number of fused-ring (bicyclic) bond motifs is 2. The molecule has 9 heteroatoms. The predicted octanol–water partition coefficient (Wildman–Crippen LogP) is 3.60. The summed E-state index contributed by atoms with van der Waals surface area (Å²) in [5, 5.41) is 7.78. The number of nitrogens with zero attached hydrogens (tertiary/aromatic N) is 7. The number of hydrogen-bond donors (Lipinski definition) is 2. The summed E-state index contributed by atoms with van der Waals surface area (Å²) in [6, 6.07) is 12.4. The average Bonchev–Trinajstić information content (AvgIpc) is 3.32. The molecule has 2 aliphatic rings. The highest BCUT2D eigenvalue weighted by atomic mass is 15.3. The first-order valence-corrected chi connectivity index (χ1v) is 11.9. The SMILES string of the molecule is CC1(CN)CCN(c2cnc3c(N4CCN(c5cccnc5)c5ccccc54)n[nH]c3n2)CC1. The van der Waals surface area contributed by atoms with Crippen LogP contribution >= 0.6 is 0 Å². The fraction of sp³-hybridized carbons (Fsp3) is 0.360. The minimum Gasteiger partial charge on any atom is -0.355 e. The Bertz CT molecular complexity index is 1290. The molecular formula is C25H29N9. The summed E-state index contributed by atoms with van der Waals surface area (Å²) in [5.74, 6) is 1.70. The van der Waals surface area contributed by atoms with E-state index >= 15 is 0 Å². The molecule has 1 aromatic carbocycles. The largest absolute Gasteiger partial charge is 0.355 e. The van der Waals surface area contributed by atoms with Gasteiger partial charge in [0.2, 0.25) is 0 Å². The molecule has 0 spiro atoms. The molecule has 0 aliphatic carbocycles. The van der Waals surface area contributed by atoms with Crippen LogP contribution in [0, 0.1) is 5.41 Å². The molecule has 3 N–H and O–H groups in total. The molecule has 34 heavy (non-hydrogen) atoms. The number of nitrogens with one attached hydrogen (secondary N) is 1. The average molecular weight is 456 g/mol. The molecule has 0 atom stereocenters. The predicted molar refractivity (Wildman–Crippen MR) is 135 cm³/mol. The molecule has 3 aromatic heterocycles. The Morgan fingerprint density at radius 2 is 1.74 bits per heavy atom. The number of aromatic nitrogens is 5. The van der Waals surface area contributed by atoms with E-state index < -0.39 is 0 Å². The van der Waals surface area contributed by atoms with Crippen LogP contribution in [0.15, 0.2) is 55.0 Å². The quantitative estimate of drug-likeness (QED) is 0.481. The highest BCUT2D eigenvalue weighted by Gasteiger charge is 2.30. The number of nitrogens with two attached hydrogens (primary N) is 1. The zero-order chi connectivity index (χ0) is 23.1.